The molecular formula is C14H22N2OS2. The highest BCUT2D eigenvalue weighted by Crippen LogP contribution is 2.35. The number of carbonyl (C=O) groups is 1. The number of thiazole rings is 1. The van der Waals surface area contributed by atoms with Gasteiger partial charge < -0.3 is 4.90 Å². The van der Waals surface area contributed by atoms with E-state index in [0.29, 0.717) is 17.2 Å². The smallest absolute Gasteiger partial charge is 0.186 e. The predicted molar refractivity (Wildman–Crippen MR) is 84.9 cm³/mol. The van der Waals surface area contributed by atoms with Crippen molar-refractivity contribution < 1.29 is 4.79 Å². The minimum absolute atomic E-state index is 0.358. The van der Waals surface area contributed by atoms with Gasteiger partial charge in [-0.2, -0.15) is 11.8 Å². The van der Waals surface area contributed by atoms with Gasteiger partial charge in [-0.1, -0.05) is 32.1 Å². The van der Waals surface area contributed by atoms with Gasteiger partial charge in [0.2, 0.25) is 0 Å². The van der Waals surface area contributed by atoms with Crippen molar-refractivity contribution in [2.75, 3.05) is 17.2 Å². The normalized spacial score (nSPS) is 25.4. The van der Waals surface area contributed by atoms with Gasteiger partial charge in [0.05, 0.1) is 10.6 Å². The second kappa shape index (κ2) is 6.27. The Bertz CT molecular complexity index is 447. The van der Waals surface area contributed by atoms with E-state index in [1.54, 1.807) is 11.3 Å². The molecule has 0 N–H and O–H groups in total. The first-order valence-electron chi connectivity index (χ1n) is 6.92. The molecule has 2 heterocycles. The number of carbonyl (C=O) groups excluding carboxylic acids is 1. The molecule has 1 fully saturated rings. The van der Waals surface area contributed by atoms with Gasteiger partial charge in [-0.3, -0.25) is 4.79 Å². The van der Waals surface area contributed by atoms with Crippen LogP contribution in [0, 0.1) is 0 Å². The first-order chi connectivity index (χ1) is 9.08. The van der Waals surface area contributed by atoms with Gasteiger partial charge in [-0.25, -0.2) is 4.98 Å². The number of hydrogen-bond acceptors (Lipinski definition) is 5. The summed E-state index contributed by atoms with van der Waals surface area (Å²) in [7, 11) is 0. The second-order valence-electron chi connectivity index (χ2n) is 5.18. The SMILES string of the molecule is CCC(C)c1nc(N2CCSC(C)C2C)sc1C=O. The zero-order valence-electron chi connectivity index (χ0n) is 12.0. The molecule has 106 valence electrons. The molecule has 1 aliphatic rings. The molecular weight excluding hydrogens is 276 g/mol. The summed E-state index contributed by atoms with van der Waals surface area (Å²) >= 11 is 3.57. The van der Waals surface area contributed by atoms with Crippen molar-refractivity contribution >= 4 is 34.5 Å². The van der Waals surface area contributed by atoms with Crippen molar-refractivity contribution in [2.24, 2.45) is 0 Å². The highest BCUT2D eigenvalue weighted by atomic mass is 32.2. The van der Waals surface area contributed by atoms with Crippen LogP contribution in [-0.4, -0.2) is 34.9 Å². The molecule has 0 spiro atoms. The Kier molecular flexibility index (Phi) is 4.90. The Morgan fingerprint density at radius 3 is 2.89 bits per heavy atom. The minimum atomic E-state index is 0.358. The van der Waals surface area contributed by atoms with E-state index in [1.807, 2.05) is 11.8 Å². The zero-order valence-corrected chi connectivity index (χ0v) is 13.7. The molecule has 1 aliphatic heterocycles. The fourth-order valence-corrected chi connectivity index (χ4v) is 4.50. The van der Waals surface area contributed by atoms with E-state index in [2.05, 4.69) is 32.6 Å². The summed E-state index contributed by atoms with van der Waals surface area (Å²) in [4.78, 5) is 19.2. The molecule has 3 atom stereocenters. The lowest BCUT2D eigenvalue weighted by Crippen LogP contribution is -2.44. The molecule has 19 heavy (non-hydrogen) atoms. The fourth-order valence-electron chi connectivity index (χ4n) is 2.29. The summed E-state index contributed by atoms with van der Waals surface area (Å²) in [5.74, 6) is 1.50. The first-order valence-corrected chi connectivity index (χ1v) is 8.79. The van der Waals surface area contributed by atoms with Crippen LogP contribution in [0.15, 0.2) is 0 Å². The largest absolute Gasteiger partial charge is 0.343 e. The summed E-state index contributed by atoms with van der Waals surface area (Å²) in [5.41, 5.74) is 0.982. The minimum Gasteiger partial charge on any atom is -0.343 e. The van der Waals surface area contributed by atoms with Crippen molar-refractivity contribution in [3.05, 3.63) is 10.6 Å². The third-order valence-corrected chi connectivity index (χ3v) is 6.36. The van der Waals surface area contributed by atoms with Crippen LogP contribution < -0.4 is 4.90 Å². The number of nitrogens with zero attached hydrogens (tertiary/aromatic N) is 2. The monoisotopic (exact) mass is 298 g/mol. The van der Waals surface area contributed by atoms with Gasteiger partial charge >= 0.3 is 0 Å². The molecule has 3 unspecified atom stereocenters. The van der Waals surface area contributed by atoms with Crippen molar-refractivity contribution in [1.82, 2.24) is 4.98 Å². The maximum atomic E-state index is 11.2. The molecule has 2 rings (SSSR count). The Labute approximate surface area is 123 Å². The predicted octanol–water partition coefficient (Wildman–Crippen LogP) is 3.80. The molecule has 0 radical (unpaired) electrons. The number of anilines is 1. The van der Waals surface area contributed by atoms with Gasteiger partial charge in [-0.05, 0) is 19.3 Å². The first kappa shape index (κ1) is 14.9. The summed E-state index contributed by atoms with van der Waals surface area (Å²) in [5, 5.41) is 1.64. The van der Waals surface area contributed by atoms with Crippen molar-refractivity contribution in [3.8, 4) is 0 Å². The molecule has 1 aromatic heterocycles. The van der Waals surface area contributed by atoms with Crippen molar-refractivity contribution in [3.63, 3.8) is 0 Å². The zero-order chi connectivity index (χ0) is 14.0. The van der Waals surface area contributed by atoms with Crippen molar-refractivity contribution in [2.45, 2.75) is 51.3 Å². The van der Waals surface area contributed by atoms with Crippen LogP contribution in [0.2, 0.25) is 0 Å². The average molecular weight is 298 g/mol. The van der Waals surface area contributed by atoms with Crippen LogP contribution in [0.3, 0.4) is 0 Å². The van der Waals surface area contributed by atoms with Gasteiger partial charge in [0, 0.05) is 23.6 Å². The maximum absolute atomic E-state index is 11.2. The van der Waals surface area contributed by atoms with E-state index in [9.17, 15) is 4.79 Å². The Balaban J connectivity index is 2.29. The molecule has 0 saturated carbocycles. The van der Waals surface area contributed by atoms with E-state index < -0.39 is 0 Å². The standard InChI is InChI=1S/C14H22N2OS2/c1-5-9(2)13-12(8-17)19-14(15-13)16-6-7-18-11(4)10(16)3/h8-11H,5-7H2,1-4H3. The number of thioether (sulfide) groups is 1. The maximum Gasteiger partial charge on any atom is 0.186 e. The second-order valence-corrected chi connectivity index (χ2v) is 7.68. The van der Waals surface area contributed by atoms with Gasteiger partial charge in [0.1, 0.15) is 0 Å². The van der Waals surface area contributed by atoms with Crippen LogP contribution >= 0.6 is 23.1 Å². The lowest BCUT2D eigenvalue weighted by Gasteiger charge is -2.37. The van der Waals surface area contributed by atoms with Crippen LogP contribution in [0.1, 0.15) is 55.4 Å². The molecule has 1 saturated heterocycles. The Morgan fingerprint density at radius 2 is 2.26 bits per heavy atom. The van der Waals surface area contributed by atoms with Gasteiger partial charge in [0.25, 0.3) is 0 Å². The summed E-state index contributed by atoms with van der Waals surface area (Å²) < 4.78 is 0. The molecule has 5 heteroatoms. The average Bonchev–Trinajstić information content (AvgIpc) is 2.85. The molecule has 3 nitrogen and oxygen atoms in total. The highest BCUT2D eigenvalue weighted by Gasteiger charge is 2.28. The molecule has 0 amide bonds. The van der Waals surface area contributed by atoms with Crippen molar-refractivity contribution in [1.29, 1.82) is 0 Å². The van der Waals surface area contributed by atoms with E-state index in [4.69, 9.17) is 4.98 Å². The lowest BCUT2D eigenvalue weighted by molar-refractivity contribution is 0.112. The summed E-state index contributed by atoms with van der Waals surface area (Å²) in [6.45, 7) is 9.83. The highest BCUT2D eigenvalue weighted by molar-refractivity contribution is 8.00. The summed E-state index contributed by atoms with van der Waals surface area (Å²) in [6.07, 6.45) is 1.99. The lowest BCUT2D eigenvalue weighted by atomic mass is 10.0. The Hall–Kier alpha value is -0.550. The third-order valence-electron chi connectivity index (χ3n) is 3.99. The molecule has 0 aliphatic carbocycles. The van der Waals surface area contributed by atoms with Crippen LogP contribution in [0.4, 0.5) is 5.13 Å². The van der Waals surface area contributed by atoms with E-state index in [1.165, 1.54) is 0 Å². The fraction of sp³-hybridized carbons (Fsp3) is 0.714. The number of aldehydes is 1. The third kappa shape index (κ3) is 2.97. The Morgan fingerprint density at radius 1 is 1.53 bits per heavy atom. The van der Waals surface area contributed by atoms with Crippen LogP contribution in [0.25, 0.3) is 0 Å². The number of aromatic nitrogens is 1. The van der Waals surface area contributed by atoms with Gasteiger partial charge in [0.15, 0.2) is 11.4 Å². The number of hydrogen-bond donors (Lipinski definition) is 0. The van der Waals surface area contributed by atoms with Crippen LogP contribution in [-0.2, 0) is 0 Å². The topological polar surface area (TPSA) is 33.2 Å². The quantitative estimate of drug-likeness (QED) is 0.792. The summed E-state index contributed by atoms with van der Waals surface area (Å²) in [6, 6.07) is 0.481. The van der Waals surface area contributed by atoms with E-state index >= 15 is 0 Å². The molecule has 1 aromatic rings. The van der Waals surface area contributed by atoms with Gasteiger partial charge in [-0.15, -0.1) is 0 Å². The van der Waals surface area contributed by atoms with E-state index in [-0.39, 0.29) is 0 Å². The molecule has 0 bridgehead atoms. The van der Waals surface area contributed by atoms with Crippen LogP contribution in [0.5, 0.6) is 0 Å². The molecule has 0 aromatic carbocycles. The van der Waals surface area contributed by atoms with E-state index in [0.717, 1.165) is 40.7 Å². The number of rotatable bonds is 4.